The average Bonchev–Trinajstić information content (AvgIpc) is 2.28. The highest BCUT2D eigenvalue weighted by Gasteiger charge is 2.41. The molecule has 1 unspecified atom stereocenters. The lowest BCUT2D eigenvalue weighted by molar-refractivity contribution is -0.144. The fourth-order valence-corrected chi connectivity index (χ4v) is 1.67. The number of β-lactam (4-membered cyclic amide) rings is 1. The molecule has 0 spiro atoms. The van der Waals surface area contributed by atoms with Crippen molar-refractivity contribution in [3.63, 3.8) is 0 Å². The number of hydrogen-bond donors (Lipinski definition) is 0. The van der Waals surface area contributed by atoms with Crippen LogP contribution < -0.4 is 0 Å². The van der Waals surface area contributed by atoms with E-state index in [1.807, 2.05) is 30.3 Å². The van der Waals surface area contributed by atoms with Gasteiger partial charge in [-0.1, -0.05) is 36.4 Å². The van der Waals surface area contributed by atoms with E-state index in [1.54, 1.807) is 6.92 Å². The molecule has 0 radical (unpaired) electrons. The standard InChI is InChI=1S/C12H12FNO/c1-2-10-11(13)14(12(10)15)8-9-6-4-3-5-7-9/h2-7,11H,8H2,1H3/b10-2-. The maximum absolute atomic E-state index is 13.4. The summed E-state index contributed by atoms with van der Waals surface area (Å²) in [5.74, 6) is -0.200. The topological polar surface area (TPSA) is 20.3 Å². The molecule has 1 aliphatic heterocycles. The van der Waals surface area contributed by atoms with Gasteiger partial charge in [-0.3, -0.25) is 4.79 Å². The first kappa shape index (κ1) is 9.90. The zero-order valence-corrected chi connectivity index (χ0v) is 8.48. The number of allylic oxidation sites excluding steroid dienone is 1. The van der Waals surface area contributed by atoms with Gasteiger partial charge in [0, 0.05) is 6.54 Å². The number of halogens is 1. The van der Waals surface area contributed by atoms with Gasteiger partial charge in [0.25, 0.3) is 5.91 Å². The van der Waals surface area contributed by atoms with Crippen molar-refractivity contribution in [3.05, 3.63) is 47.5 Å². The van der Waals surface area contributed by atoms with E-state index in [2.05, 4.69) is 0 Å². The summed E-state index contributed by atoms with van der Waals surface area (Å²) in [7, 11) is 0. The van der Waals surface area contributed by atoms with Crippen LogP contribution in [-0.4, -0.2) is 17.1 Å². The predicted octanol–water partition coefficient (Wildman–Crippen LogP) is 2.27. The summed E-state index contributed by atoms with van der Waals surface area (Å²) >= 11 is 0. The predicted molar refractivity (Wildman–Crippen MR) is 55.6 cm³/mol. The lowest BCUT2D eigenvalue weighted by Gasteiger charge is -2.37. The molecule has 15 heavy (non-hydrogen) atoms. The normalized spacial score (nSPS) is 23.1. The van der Waals surface area contributed by atoms with Crippen LogP contribution in [0.3, 0.4) is 0 Å². The summed E-state index contributed by atoms with van der Waals surface area (Å²) in [6, 6.07) is 9.42. The molecule has 0 bridgehead atoms. The van der Waals surface area contributed by atoms with Crippen molar-refractivity contribution >= 4 is 5.91 Å². The molecule has 1 saturated heterocycles. The van der Waals surface area contributed by atoms with Crippen molar-refractivity contribution in [1.29, 1.82) is 0 Å². The van der Waals surface area contributed by atoms with Gasteiger partial charge < -0.3 is 4.90 Å². The van der Waals surface area contributed by atoms with Crippen molar-refractivity contribution in [2.75, 3.05) is 0 Å². The molecule has 0 N–H and O–H groups in total. The first-order valence-electron chi connectivity index (χ1n) is 4.89. The van der Waals surface area contributed by atoms with Crippen LogP contribution in [0.2, 0.25) is 0 Å². The molecule has 0 aliphatic carbocycles. The van der Waals surface area contributed by atoms with E-state index in [0.29, 0.717) is 6.54 Å². The number of alkyl halides is 1. The van der Waals surface area contributed by atoms with Crippen LogP contribution in [0.4, 0.5) is 4.39 Å². The van der Waals surface area contributed by atoms with E-state index in [0.717, 1.165) is 5.56 Å². The number of carbonyl (C=O) groups excluding carboxylic acids is 1. The molecule has 1 atom stereocenters. The zero-order valence-electron chi connectivity index (χ0n) is 8.48. The van der Waals surface area contributed by atoms with Gasteiger partial charge in [-0.15, -0.1) is 0 Å². The number of amides is 1. The molecule has 1 fully saturated rings. The van der Waals surface area contributed by atoms with E-state index >= 15 is 0 Å². The average molecular weight is 205 g/mol. The highest BCUT2D eigenvalue weighted by molar-refractivity contribution is 6.00. The van der Waals surface area contributed by atoms with E-state index in [9.17, 15) is 9.18 Å². The van der Waals surface area contributed by atoms with Crippen molar-refractivity contribution in [1.82, 2.24) is 4.90 Å². The fourth-order valence-electron chi connectivity index (χ4n) is 1.67. The van der Waals surface area contributed by atoms with Gasteiger partial charge in [-0.05, 0) is 12.5 Å². The Bertz CT molecular complexity index is 399. The quantitative estimate of drug-likeness (QED) is 0.412. The van der Waals surface area contributed by atoms with Gasteiger partial charge in [0.15, 0.2) is 0 Å². The minimum Gasteiger partial charge on any atom is -0.300 e. The van der Waals surface area contributed by atoms with Crippen LogP contribution in [0.15, 0.2) is 42.0 Å². The van der Waals surface area contributed by atoms with E-state index in [-0.39, 0.29) is 11.5 Å². The molecule has 2 rings (SSSR count). The molecule has 3 heteroatoms. The van der Waals surface area contributed by atoms with Gasteiger partial charge in [-0.25, -0.2) is 4.39 Å². The second kappa shape index (κ2) is 3.85. The Morgan fingerprint density at radius 3 is 2.60 bits per heavy atom. The number of nitrogens with zero attached hydrogens (tertiary/aromatic N) is 1. The minimum atomic E-state index is -1.23. The molecule has 0 saturated carbocycles. The smallest absolute Gasteiger partial charge is 0.257 e. The van der Waals surface area contributed by atoms with Gasteiger partial charge in [0.2, 0.25) is 6.30 Å². The largest absolute Gasteiger partial charge is 0.300 e. The maximum Gasteiger partial charge on any atom is 0.257 e. The summed E-state index contributed by atoms with van der Waals surface area (Å²) in [4.78, 5) is 12.7. The summed E-state index contributed by atoms with van der Waals surface area (Å²) in [5, 5.41) is 0. The Hall–Kier alpha value is -1.64. The Morgan fingerprint density at radius 1 is 1.40 bits per heavy atom. The summed E-state index contributed by atoms with van der Waals surface area (Å²) < 4.78 is 13.4. The van der Waals surface area contributed by atoms with Crippen LogP contribution in [0.1, 0.15) is 12.5 Å². The van der Waals surface area contributed by atoms with Gasteiger partial charge in [-0.2, -0.15) is 0 Å². The molecule has 78 valence electrons. The van der Waals surface area contributed by atoms with Crippen molar-refractivity contribution in [2.45, 2.75) is 19.8 Å². The third kappa shape index (κ3) is 1.65. The molecule has 0 aromatic heterocycles. The zero-order chi connectivity index (χ0) is 10.8. The van der Waals surface area contributed by atoms with Crippen LogP contribution in [0.5, 0.6) is 0 Å². The molecule has 1 aromatic carbocycles. The van der Waals surface area contributed by atoms with E-state index < -0.39 is 6.30 Å². The lowest BCUT2D eigenvalue weighted by Crippen LogP contribution is -2.51. The van der Waals surface area contributed by atoms with Crippen LogP contribution in [0, 0.1) is 0 Å². The molecule has 1 amide bonds. The Balaban J connectivity index is 2.07. The van der Waals surface area contributed by atoms with E-state index in [4.69, 9.17) is 0 Å². The monoisotopic (exact) mass is 205 g/mol. The second-order valence-corrected chi connectivity index (χ2v) is 3.50. The lowest BCUT2D eigenvalue weighted by atomic mass is 10.0. The van der Waals surface area contributed by atoms with Crippen molar-refractivity contribution < 1.29 is 9.18 Å². The highest BCUT2D eigenvalue weighted by atomic mass is 19.1. The Morgan fingerprint density at radius 2 is 2.07 bits per heavy atom. The van der Waals surface area contributed by atoms with Crippen LogP contribution in [0.25, 0.3) is 0 Å². The minimum absolute atomic E-state index is 0.200. The van der Waals surface area contributed by atoms with Gasteiger partial charge in [0.1, 0.15) is 0 Å². The SMILES string of the molecule is C/C=C1\C(=O)N(Cc2ccccc2)C1F. The van der Waals surface area contributed by atoms with Crippen LogP contribution >= 0.6 is 0 Å². The third-order valence-electron chi connectivity index (χ3n) is 2.54. The summed E-state index contributed by atoms with van der Waals surface area (Å²) in [5.41, 5.74) is 1.22. The molecule has 1 aromatic rings. The molecule has 2 nitrogen and oxygen atoms in total. The Kier molecular flexibility index (Phi) is 2.54. The number of rotatable bonds is 2. The molecular formula is C12H12FNO. The molecular weight excluding hydrogens is 193 g/mol. The van der Waals surface area contributed by atoms with Gasteiger partial charge >= 0.3 is 0 Å². The Labute approximate surface area is 88.0 Å². The van der Waals surface area contributed by atoms with Crippen molar-refractivity contribution in [2.24, 2.45) is 0 Å². The number of likely N-dealkylation sites (tertiary alicyclic amines) is 1. The second-order valence-electron chi connectivity index (χ2n) is 3.50. The molecule has 1 heterocycles. The van der Waals surface area contributed by atoms with Crippen molar-refractivity contribution in [3.8, 4) is 0 Å². The van der Waals surface area contributed by atoms with Gasteiger partial charge in [0.05, 0.1) is 5.57 Å². The number of benzene rings is 1. The number of hydrogen-bond acceptors (Lipinski definition) is 1. The number of carbonyl (C=O) groups is 1. The maximum atomic E-state index is 13.4. The summed E-state index contributed by atoms with van der Waals surface area (Å²) in [6.07, 6.45) is 0.303. The third-order valence-corrected chi connectivity index (χ3v) is 2.54. The highest BCUT2D eigenvalue weighted by Crippen LogP contribution is 2.28. The molecule has 1 aliphatic rings. The van der Waals surface area contributed by atoms with Crippen LogP contribution in [-0.2, 0) is 11.3 Å². The fraction of sp³-hybridized carbons (Fsp3) is 0.250. The van der Waals surface area contributed by atoms with E-state index in [1.165, 1.54) is 11.0 Å². The summed E-state index contributed by atoms with van der Waals surface area (Å²) in [6.45, 7) is 2.03. The first-order valence-corrected chi connectivity index (χ1v) is 4.89. The first-order chi connectivity index (χ1) is 7.24.